The molecule has 0 aliphatic rings. The first kappa shape index (κ1) is 14.9. The lowest BCUT2D eigenvalue weighted by molar-refractivity contribution is 0.0600. The number of hydrogen-bond donors (Lipinski definition) is 0. The summed E-state index contributed by atoms with van der Waals surface area (Å²) in [6.45, 7) is 8.42. The van der Waals surface area contributed by atoms with Crippen LogP contribution in [-0.4, -0.2) is 27.8 Å². The Morgan fingerprint density at radius 3 is 2.28 bits per heavy atom. The van der Waals surface area contributed by atoms with Crippen molar-refractivity contribution in [3.8, 4) is 0 Å². The standard InChI is InChI=1S/C14H22O3Si/c1-16-14(15)13-7-5-12(6-8-13)11-17-9-10-18(2,3)4/h5-8H,9-11H2,1-4H3. The fraction of sp³-hybridized carbons (Fsp3) is 0.500. The number of esters is 1. The van der Waals surface area contributed by atoms with Crippen molar-refractivity contribution in [3.05, 3.63) is 35.4 Å². The summed E-state index contributed by atoms with van der Waals surface area (Å²) < 4.78 is 10.3. The average Bonchev–Trinajstić information content (AvgIpc) is 2.33. The van der Waals surface area contributed by atoms with E-state index in [1.807, 2.05) is 12.1 Å². The van der Waals surface area contributed by atoms with Gasteiger partial charge in [0.1, 0.15) is 0 Å². The Kier molecular flexibility index (Phi) is 5.56. The van der Waals surface area contributed by atoms with Gasteiger partial charge in [0.2, 0.25) is 0 Å². The van der Waals surface area contributed by atoms with Gasteiger partial charge in [0.25, 0.3) is 0 Å². The van der Waals surface area contributed by atoms with Gasteiger partial charge in [0.05, 0.1) is 19.3 Å². The van der Waals surface area contributed by atoms with Crippen LogP contribution in [0.2, 0.25) is 25.7 Å². The highest BCUT2D eigenvalue weighted by molar-refractivity contribution is 6.76. The third-order valence-corrected chi connectivity index (χ3v) is 4.34. The second kappa shape index (κ2) is 6.71. The molecule has 1 aromatic rings. The third kappa shape index (κ3) is 5.47. The van der Waals surface area contributed by atoms with Gasteiger partial charge in [0, 0.05) is 14.7 Å². The molecule has 0 unspecified atom stereocenters. The number of rotatable bonds is 6. The molecule has 0 spiro atoms. The van der Waals surface area contributed by atoms with Crippen LogP contribution in [0, 0.1) is 0 Å². The van der Waals surface area contributed by atoms with E-state index in [1.54, 1.807) is 12.1 Å². The Labute approximate surface area is 110 Å². The van der Waals surface area contributed by atoms with Crippen LogP contribution in [0.5, 0.6) is 0 Å². The van der Waals surface area contributed by atoms with E-state index in [-0.39, 0.29) is 5.97 Å². The molecule has 0 bridgehead atoms. The quantitative estimate of drug-likeness (QED) is 0.450. The van der Waals surface area contributed by atoms with Crippen molar-refractivity contribution < 1.29 is 14.3 Å². The maximum atomic E-state index is 11.2. The minimum absolute atomic E-state index is 0.304. The fourth-order valence-electron chi connectivity index (χ4n) is 1.42. The summed E-state index contributed by atoms with van der Waals surface area (Å²) >= 11 is 0. The predicted octanol–water partition coefficient (Wildman–Crippen LogP) is 3.33. The molecule has 1 aromatic carbocycles. The Bertz CT molecular complexity index is 379. The van der Waals surface area contributed by atoms with Crippen molar-refractivity contribution in [2.75, 3.05) is 13.7 Å². The smallest absolute Gasteiger partial charge is 0.337 e. The van der Waals surface area contributed by atoms with Gasteiger partial charge in [-0.2, -0.15) is 0 Å². The Morgan fingerprint density at radius 2 is 1.78 bits per heavy atom. The Balaban J connectivity index is 2.38. The van der Waals surface area contributed by atoms with Crippen LogP contribution in [-0.2, 0) is 16.1 Å². The number of carbonyl (C=O) groups excluding carboxylic acids is 1. The SMILES string of the molecule is COC(=O)c1ccc(COCC[Si](C)(C)C)cc1. The van der Waals surface area contributed by atoms with Gasteiger partial charge < -0.3 is 9.47 Å². The molecule has 4 heteroatoms. The summed E-state index contributed by atoms with van der Waals surface area (Å²) in [5.74, 6) is -0.304. The minimum atomic E-state index is -1.01. The molecule has 3 nitrogen and oxygen atoms in total. The van der Waals surface area contributed by atoms with Crippen LogP contribution in [0.25, 0.3) is 0 Å². The van der Waals surface area contributed by atoms with Gasteiger partial charge in [-0.1, -0.05) is 31.8 Å². The number of benzene rings is 1. The normalized spacial score (nSPS) is 11.3. The summed E-state index contributed by atoms with van der Waals surface area (Å²) in [4.78, 5) is 11.2. The second-order valence-corrected chi connectivity index (χ2v) is 11.2. The highest BCUT2D eigenvalue weighted by atomic mass is 28.3. The van der Waals surface area contributed by atoms with E-state index in [0.717, 1.165) is 12.2 Å². The van der Waals surface area contributed by atoms with E-state index in [9.17, 15) is 4.79 Å². The van der Waals surface area contributed by atoms with Crippen molar-refractivity contribution in [2.45, 2.75) is 32.3 Å². The van der Waals surface area contributed by atoms with Crippen LogP contribution in [0.15, 0.2) is 24.3 Å². The molecule has 18 heavy (non-hydrogen) atoms. The molecule has 100 valence electrons. The van der Waals surface area contributed by atoms with E-state index in [1.165, 1.54) is 13.2 Å². The minimum Gasteiger partial charge on any atom is -0.465 e. The highest BCUT2D eigenvalue weighted by Gasteiger charge is 2.12. The van der Waals surface area contributed by atoms with E-state index in [2.05, 4.69) is 24.4 Å². The predicted molar refractivity (Wildman–Crippen MR) is 75.6 cm³/mol. The van der Waals surface area contributed by atoms with Crippen LogP contribution in [0.3, 0.4) is 0 Å². The summed E-state index contributed by atoms with van der Waals surface area (Å²) in [7, 11) is 0.374. The second-order valence-electron chi connectivity index (χ2n) is 5.55. The summed E-state index contributed by atoms with van der Waals surface area (Å²) in [5.41, 5.74) is 1.65. The fourth-order valence-corrected chi connectivity index (χ4v) is 2.18. The molecule has 0 saturated heterocycles. The summed E-state index contributed by atoms with van der Waals surface area (Å²) in [5, 5.41) is 0. The van der Waals surface area contributed by atoms with Crippen molar-refractivity contribution >= 4 is 14.0 Å². The van der Waals surface area contributed by atoms with Gasteiger partial charge in [-0.3, -0.25) is 0 Å². The van der Waals surface area contributed by atoms with Gasteiger partial charge in [0.15, 0.2) is 0 Å². The van der Waals surface area contributed by atoms with Crippen molar-refractivity contribution in [3.63, 3.8) is 0 Å². The molecular formula is C14H22O3Si. The Hall–Kier alpha value is -1.13. The van der Waals surface area contributed by atoms with E-state index in [4.69, 9.17) is 4.74 Å². The molecule has 0 heterocycles. The molecule has 0 aliphatic heterocycles. The lowest BCUT2D eigenvalue weighted by atomic mass is 10.1. The first-order valence-corrected chi connectivity index (χ1v) is 9.88. The molecule has 0 atom stereocenters. The van der Waals surface area contributed by atoms with Gasteiger partial charge in [-0.25, -0.2) is 4.79 Å². The van der Waals surface area contributed by atoms with Crippen LogP contribution >= 0.6 is 0 Å². The summed E-state index contributed by atoms with van der Waals surface area (Å²) in [6.07, 6.45) is 0. The van der Waals surface area contributed by atoms with Crippen LogP contribution < -0.4 is 0 Å². The first-order valence-electron chi connectivity index (χ1n) is 6.17. The number of carbonyl (C=O) groups is 1. The molecule has 1 rings (SSSR count). The number of methoxy groups -OCH3 is 1. The largest absolute Gasteiger partial charge is 0.465 e. The zero-order chi connectivity index (χ0) is 13.6. The molecule has 0 aliphatic carbocycles. The third-order valence-electron chi connectivity index (χ3n) is 2.64. The van der Waals surface area contributed by atoms with Crippen molar-refractivity contribution in [2.24, 2.45) is 0 Å². The topological polar surface area (TPSA) is 35.5 Å². The first-order chi connectivity index (χ1) is 8.42. The zero-order valence-corrected chi connectivity index (χ0v) is 12.7. The van der Waals surface area contributed by atoms with Gasteiger partial charge in [-0.15, -0.1) is 0 Å². The number of ether oxygens (including phenoxy) is 2. The van der Waals surface area contributed by atoms with E-state index >= 15 is 0 Å². The lowest BCUT2D eigenvalue weighted by Crippen LogP contribution is -2.21. The monoisotopic (exact) mass is 266 g/mol. The van der Waals surface area contributed by atoms with E-state index in [0.29, 0.717) is 12.2 Å². The Morgan fingerprint density at radius 1 is 1.17 bits per heavy atom. The molecule has 0 amide bonds. The average molecular weight is 266 g/mol. The van der Waals surface area contributed by atoms with Crippen molar-refractivity contribution in [1.82, 2.24) is 0 Å². The zero-order valence-electron chi connectivity index (χ0n) is 11.7. The van der Waals surface area contributed by atoms with Crippen molar-refractivity contribution in [1.29, 1.82) is 0 Å². The molecule has 0 saturated carbocycles. The highest BCUT2D eigenvalue weighted by Crippen LogP contribution is 2.10. The van der Waals surface area contributed by atoms with Gasteiger partial charge >= 0.3 is 5.97 Å². The van der Waals surface area contributed by atoms with Gasteiger partial charge in [-0.05, 0) is 23.7 Å². The molecular weight excluding hydrogens is 244 g/mol. The number of hydrogen-bond acceptors (Lipinski definition) is 3. The summed E-state index contributed by atoms with van der Waals surface area (Å²) in [6, 6.07) is 8.51. The lowest BCUT2D eigenvalue weighted by Gasteiger charge is -2.15. The van der Waals surface area contributed by atoms with E-state index < -0.39 is 8.07 Å². The molecule has 0 radical (unpaired) electrons. The van der Waals surface area contributed by atoms with Crippen LogP contribution in [0.1, 0.15) is 15.9 Å². The van der Waals surface area contributed by atoms with Crippen LogP contribution in [0.4, 0.5) is 0 Å². The molecule has 0 N–H and O–H groups in total. The molecule has 0 fully saturated rings. The maximum Gasteiger partial charge on any atom is 0.337 e. The molecule has 0 aromatic heterocycles. The maximum absolute atomic E-state index is 11.2.